The molecule has 1 aliphatic heterocycles. The van der Waals surface area contributed by atoms with E-state index < -0.39 is 0 Å². The fourth-order valence-corrected chi connectivity index (χ4v) is 3.14. The van der Waals surface area contributed by atoms with E-state index in [4.69, 9.17) is 0 Å². The number of likely N-dealkylation sites (tertiary alicyclic amines) is 1. The van der Waals surface area contributed by atoms with E-state index in [1.54, 1.807) is 0 Å². The molecule has 1 fully saturated rings. The van der Waals surface area contributed by atoms with Crippen molar-refractivity contribution in [2.75, 3.05) is 13.1 Å². The Hall–Kier alpha value is -1.71. The Balaban J connectivity index is 2.05. The normalized spacial score (nSPS) is 18.5. The lowest BCUT2D eigenvalue weighted by molar-refractivity contribution is -0.137. The van der Waals surface area contributed by atoms with Gasteiger partial charge < -0.3 is 4.90 Å². The number of amides is 1. The smallest absolute Gasteiger partial charge is 0.225 e. The average molecular weight is 305 g/mol. The van der Waals surface area contributed by atoms with E-state index in [9.17, 15) is 14.0 Å². The Kier molecular flexibility index (Phi) is 5.69. The number of Topliss-reactive ketones (excluding diaryl/α,β-unsaturated/α-hetero) is 1. The van der Waals surface area contributed by atoms with E-state index in [0.29, 0.717) is 12.1 Å². The lowest BCUT2D eigenvalue weighted by Crippen LogP contribution is -2.44. The van der Waals surface area contributed by atoms with Crippen molar-refractivity contribution < 1.29 is 14.0 Å². The zero-order valence-electron chi connectivity index (χ0n) is 13.3. The van der Waals surface area contributed by atoms with Crippen LogP contribution < -0.4 is 0 Å². The third-order valence-corrected chi connectivity index (χ3v) is 4.57. The van der Waals surface area contributed by atoms with Gasteiger partial charge in [-0.25, -0.2) is 4.39 Å². The number of piperidine rings is 1. The quantitative estimate of drug-likeness (QED) is 0.778. The zero-order valence-corrected chi connectivity index (χ0v) is 13.3. The van der Waals surface area contributed by atoms with Crippen LogP contribution in [0.1, 0.15) is 49.9 Å². The highest BCUT2D eigenvalue weighted by Gasteiger charge is 2.31. The van der Waals surface area contributed by atoms with E-state index in [1.807, 2.05) is 18.7 Å². The average Bonchev–Trinajstić information content (AvgIpc) is 2.56. The van der Waals surface area contributed by atoms with Crippen LogP contribution >= 0.6 is 0 Å². The van der Waals surface area contributed by atoms with Crippen molar-refractivity contribution in [2.24, 2.45) is 11.8 Å². The van der Waals surface area contributed by atoms with Gasteiger partial charge >= 0.3 is 0 Å². The van der Waals surface area contributed by atoms with Crippen molar-refractivity contribution in [1.82, 2.24) is 4.90 Å². The highest BCUT2D eigenvalue weighted by molar-refractivity contribution is 5.98. The molecule has 1 amide bonds. The molecule has 0 aromatic heterocycles. The molecule has 2 rings (SSSR count). The Bertz CT molecular complexity index is 522. The first-order valence-electron chi connectivity index (χ1n) is 8.15. The summed E-state index contributed by atoms with van der Waals surface area (Å²) in [6.07, 6.45) is 3.32. The predicted octanol–water partition coefficient (Wildman–Crippen LogP) is 3.68. The SMILES string of the molecule is CCC(CC)C(=O)N1CCCC(C(=O)c2ccc(F)cc2)C1. The van der Waals surface area contributed by atoms with Crippen LogP contribution in [-0.2, 0) is 4.79 Å². The minimum absolute atomic E-state index is 0.0158. The number of rotatable bonds is 5. The van der Waals surface area contributed by atoms with Crippen molar-refractivity contribution in [1.29, 1.82) is 0 Å². The second-order valence-electron chi connectivity index (χ2n) is 6.01. The number of nitrogens with zero attached hydrogens (tertiary/aromatic N) is 1. The number of hydrogen-bond acceptors (Lipinski definition) is 2. The molecule has 0 N–H and O–H groups in total. The molecule has 1 aliphatic rings. The molecule has 0 radical (unpaired) electrons. The number of carbonyl (C=O) groups is 2. The largest absolute Gasteiger partial charge is 0.342 e. The molecule has 1 unspecified atom stereocenters. The molecule has 0 spiro atoms. The topological polar surface area (TPSA) is 37.4 Å². The highest BCUT2D eigenvalue weighted by atomic mass is 19.1. The van der Waals surface area contributed by atoms with Crippen LogP contribution in [0, 0.1) is 17.7 Å². The van der Waals surface area contributed by atoms with Crippen molar-refractivity contribution in [3.05, 3.63) is 35.6 Å². The van der Waals surface area contributed by atoms with Crippen molar-refractivity contribution in [2.45, 2.75) is 39.5 Å². The lowest BCUT2D eigenvalue weighted by Gasteiger charge is -2.34. The van der Waals surface area contributed by atoms with Crippen LogP contribution in [0.4, 0.5) is 4.39 Å². The van der Waals surface area contributed by atoms with Gasteiger partial charge in [0, 0.05) is 30.5 Å². The molecule has 3 nitrogen and oxygen atoms in total. The molecule has 1 saturated heterocycles. The van der Waals surface area contributed by atoms with Crippen LogP contribution in [0.3, 0.4) is 0 Å². The maximum absolute atomic E-state index is 13.0. The number of benzene rings is 1. The molecule has 120 valence electrons. The fraction of sp³-hybridized carbons (Fsp3) is 0.556. The fourth-order valence-electron chi connectivity index (χ4n) is 3.14. The number of ketones is 1. The van der Waals surface area contributed by atoms with Gasteiger partial charge in [-0.2, -0.15) is 0 Å². The van der Waals surface area contributed by atoms with Gasteiger partial charge in [0.2, 0.25) is 5.91 Å². The summed E-state index contributed by atoms with van der Waals surface area (Å²) in [6, 6.07) is 5.67. The standard InChI is InChI=1S/C18H24FNO2/c1-3-13(4-2)18(22)20-11-5-6-15(12-20)17(21)14-7-9-16(19)10-8-14/h7-10,13,15H,3-6,11-12H2,1-2H3. The number of hydrogen-bond donors (Lipinski definition) is 0. The van der Waals surface area contributed by atoms with Crippen LogP contribution in [0.25, 0.3) is 0 Å². The van der Waals surface area contributed by atoms with Gasteiger partial charge in [-0.05, 0) is 49.9 Å². The maximum Gasteiger partial charge on any atom is 0.225 e. The Morgan fingerprint density at radius 3 is 2.45 bits per heavy atom. The summed E-state index contributed by atoms with van der Waals surface area (Å²) in [5.41, 5.74) is 0.531. The van der Waals surface area contributed by atoms with E-state index in [2.05, 4.69) is 0 Å². The Morgan fingerprint density at radius 1 is 1.23 bits per heavy atom. The third-order valence-electron chi connectivity index (χ3n) is 4.57. The minimum Gasteiger partial charge on any atom is -0.342 e. The van der Waals surface area contributed by atoms with Crippen LogP contribution in [-0.4, -0.2) is 29.7 Å². The molecular weight excluding hydrogens is 281 g/mol. The van der Waals surface area contributed by atoms with Gasteiger partial charge in [0.15, 0.2) is 5.78 Å². The van der Waals surface area contributed by atoms with Gasteiger partial charge in [0.05, 0.1) is 0 Å². The predicted molar refractivity (Wildman–Crippen MR) is 84.1 cm³/mol. The molecule has 1 aromatic carbocycles. The highest BCUT2D eigenvalue weighted by Crippen LogP contribution is 2.23. The zero-order chi connectivity index (χ0) is 16.1. The molecule has 4 heteroatoms. The first-order valence-corrected chi connectivity index (χ1v) is 8.15. The van der Waals surface area contributed by atoms with Gasteiger partial charge in [-0.3, -0.25) is 9.59 Å². The monoisotopic (exact) mass is 305 g/mol. The molecule has 0 aliphatic carbocycles. The minimum atomic E-state index is -0.342. The Labute approximate surface area is 131 Å². The summed E-state index contributed by atoms with van der Waals surface area (Å²) in [7, 11) is 0. The number of carbonyl (C=O) groups excluding carboxylic acids is 2. The van der Waals surface area contributed by atoms with E-state index in [0.717, 1.165) is 32.2 Å². The van der Waals surface area contributed by atoms with Crippen LogP contribution in [0.2, 0.25) is 0 Å². The second kappa shape index (κ2) is 7.52. The summed E-state index contributed by atoms with van der Waals surface area (Å²) in [5.74, 6) is -0.272. The second-order valence-corrected chi connectivity index (χ2v) is 6.01. The van der Waals surface area contributed by atoms with Gasteiger partial charge in [-0.1, -0.05) is 13.8 Å². The summed E-state index contributed by atoms with van der Waals surface area (Å²) >= 11 is 0. The van der Waals surface area contributed by atoms with Crippen molar-refractivity contribution >= 4 is 11.7 Å². The number of halogens is 1. The van der Waals surface area contributed by atoms with Crippen LogP contribution in [0.15, 0.2) is 24.3 Å². The van der Waals surface area contributed by atoms with Gasteiger partial charge in [0.25, 0.3) is 0 Å². The summed E-state index contributed by atoms with van der Waals surface area (Å²) in [4.78, 5) is 26.8. The molecule has 1 heterocycles. The lowest BCUT2D eigenvalue weighted by atomic mass is 9.89. The first-order chi connectivity index (χ1) is 10.6. The van der Waals surface area contributed by atoms with E-state index >= 15 is 0 Å². The summed E-state index contributed by atoms with van der Waals surface area (Å²) < 4.78 is 13.0. The van der Waals surface area contributed by atoms with Crippen molar-refractivity contribution in [3.63, 3.8) is 0 Å². The van der Waals surface area contributed by atoms with E-state index in [-0.39, 0.29) is 29.3 Å². The maximum atomic E-state index is 13.0. The van der Waals surface area contributed by atoms with Crippen LogP contribution in [0.5, 0.6) is 0 Å². The molecule has 22 heavy (non-hydrogen) atoms. The molecule has 1 aromatic rings. The van der Waals surface area contributed by atoms with Gasteiger partial charge in [-0.15, -0.1) is 0 Å². The Morgan fingerprint density at radius 2 is 1.86 bits per heavy atom. The third kappa shape index (κ3) is 3.73. The molecular formula is C18H24FNO2. The summed E-state index contributed by atoms with van der Waals surface area (Å²) in [5, 5.41) is 0. The van der Waals surface area contributed by atoms with Crippen molar-refractivity contribution in [3.8, 4) is 0 Å². The first kappa shape index (κ1) is 16.7. The van der Waals surface area contributed by atoms with Gasteiger partial charge in [0.1, 0.15) is 5.82 Å². The molecule has 0 bridgehead atoms. The molecule has 0 saturated carbocycles. The summed E-state index contributed by atoms with van der Waals surface area (Å²) in [6.45, 7) is 5.28. The van der Waals surface area contributed by atoms with E-state index in [1.165, 1.54) is 24.3 Å². The molecule has 1 atom stereocenters.